The number of carbonyl (C=O) groups excluding carboxylic acids is 1. The maximum Gasteiger partial charge on any atom is 0.316 e. The Morgan fingerprint density at radius 2 is 1.71 bits per heavy atom. The van der Waals surface area contributed by atoms with Gasteiger partial charge in [0.15, 0.2) is 0 Å². The van der Waals surface area contributed by atoms with Gasteiger partial charge in [0.25, 0.3) is 0 Å². The van der Waals surface area contributed by atoms with Gasteiger partial charge in [-0.15, -0.1) is 0 Å². The number of aromatic nitrogens is 2. The number of hydrogen-bond acceptors (Lipinski definition) is 3. The largest absolute Gasteiger partial charge is 0.351 e. The van der Waals surface area contributed by atoms with E-state index in [9.17, 15) is 4.79 Å². The van der Waals surface area contributed by atoms with Crippen LogP contribution in [0.1, 0.15) is 55.6 Å². The van der Waals surface area contributed by atoms with E-state index in [-0.39, 0.29) is 11.3 Å². The van der Waals surface area contributed by atoms with Crippen molar-refractivity contribution >= 4 is 34.9 Å². The van der Waals surface area contributed by atoms with E-state index in [1.165, 1.54) is 0 Å². The van der Waals surface area contributed by atoms with Crippen molar-refractivity contribution in [1.82, 2.24) is 14.7 Å². The summed E-state index contributed by atoms with van der Waals surface area (Å²) in [5.41, 5.74) is 10.1. The van der Waals surface area contributed by atoms with Crippen LogP contribution in [-0.2, 0) is 31.5 Å². The van der Waals surface area contributed by atoms with Gasteiger partial charge in [0, 0.05) is 40.3 Å². The monoisotopic (exact) mass is 597 g/mol. The third kappa shape index (κ3) is 5.20. The minimum atomic E-state index is -0.983. The number of carbonyl (C=O) groups is 1. The zero-order valence-electron chi connectivity index (χ0n) is 23.3. The maximum absolute atomic E-state index is 15.9. The lowest BCUT2D eigenvalue weighted by molar-refractivity contribution is 0.123. The number of anilines is 1. The van der Waals surface area contributed by atoms with Crippen molar-refractivity contribution in [2.75, 3.05) is 5.32 Å². The number of primary amides is 1. The van der Waals surface area contributed by atoms with Crippen LogP contribution in [0.15, 0.2) is 48.5 Å². The predicted octanol–water partition coefficient (Wildman–Crippen LogP) is 7.99. The third-order valence-corrected chi connectivity index (χ3v) is 8.42. The number of fused-ring (bicyclic) bond motifs is 1. The molecule has 0 unspecified atom stereocenters. The number of benzene rings is 3. The van der Waals surface area contributed by atoms with Gasteiger partial charge >= 0.3 is 6.03 Å². The van der Waals surface area contributed by atoms with Gasteiger partial charge in [-0.05, 0) is 67.6 Å². The molecular weight excluding hydrogens is 567 g/mol. The Hall–Kier alpha value is -3.46. The van der Waals surface area contributed by atoms with Gasteiger partial charge in [-0.1, -0.05) is 55.2 Å². The van der Waals surface area contributed by atoms with Crippen LogP contribution < -0.4 is 11.1 Å². The summed E-state index contributed by atoms with van der Waals surface area (Å²) >= 11 is 12.8. The molecule has 0 bridgehead atoms. The quantitative estimate of drug-likeness (QED) is 0.226. The summed E-state index contributed by atoms with van der Waals surface area (Å²) in [5.74, 6) is -1.51. The summed E-state index contributed by atoms with van der Waals surface area (Å²) in [6.45, 7) is 9.12. The summed E-state index contributed by atoms with van der Waals surface area (Å²) < 4.78 is 32.9. The Bertz CT molecular complexity index is 1640. The first-order valence-corrected chi connectivity index (χ1v) is 14.2. The van der Waals surface area contributed by atoms with E-state index in [2.05, 4.69) is 37.9 Å². The van der Waals surface area contributed by atoms with Gasteiger partial charge in [-0.3, -0.25) is 4.90 Å². The zero-order chi connectivity index (χ0) is 29.6. The topological polar surface area (TPSA) is 76.2 Å². The average molecular weight is 599 g/mol. The Balaban J connectivity index is 1.74. The van der Waals surface area contributed by atoms with Gasteiger partial charge in [0.05, 0.1) is 28.3 Å². The number of aryl methyl sites for hydroxylation is 2. The standard InChI is InChI=1S/C31H31Cl2F2N5O/c1-5-17-8-7-9-18(6-2)27(17)40-28(21-13-25(35)26(14-24(21)34)37-30(36)41)22-16-39(31(3,4)29(22)38-40)15-19-12-20(32)10-11-23(19)33/h7-14H,5-6,15-16H2,1-4H3,(H3,36,37,41). The molecule has 5 rings (SSSR count). The Morgan fingerprint density at radius 1 is 1.02 bits per heavy atom. The molecule has 4 aromatic rings. The van der Waals surface area contributed by atoms with Crippen molar-refractivity contribution < 1.29 is 13.6 Å². The van der Waals surface area contributed by atoms with Crippen LogP contribution in [0, 0.1) is 11.6 Å². The lowest BCUT2D eigenvalue weighted by Crippen LogP contribution is -2.36. The SMILES string of the molecule is CCc1cccc(CC)c1-n1nc2c(c1-c1cc(F)c(NC(N)=O)cc1F)CN(Cc1cc(Cl)ccc1Cl)C2(C)C. The molecule has 2 heterocycles. The molecule has 0 aliphatic carbocycles. The second-order valence-electron chi connectivity index (χ2n) is 10.7. The van der Waals surface area contributed by atoms with Gasteiger partial charge in [-0.2, -0.15) is 5.10 Å². The van der Waals surface area contributed by atoms with Crippen molar-refractivity contribution in [2.24, 2.45) is 5.73 Å². The second kappa shape index (κ2) is 11.1. The van der Waals surface area contributed by atoms with E-state index in [1.54, 1.807) is 16.8 Å². The highest BCUT2D eigenvalue weighted by Crippen LogP contribution is 2.46. The smallest absolute Gasteiger partial charge is 0.316 e. The summed E-state index contributed by atoms with van der Waals surface area (Å²) in [6.07, 6.45) is 1.46. The molecule has 0 spiro atoms. The zero-order valence-corrected chi connectivity index (χ0v) is 24.8. The fraction of sp³-hybridized carbons (Fsp3) is 0.290. The number of nitrogens with zero attached hydrogens (tertiary/aromatic N) is 3. The fourth-order valence-corrected chi connectivity index (χ4v) is 6.01. The fourth-order valence-electron chi connectivity index (χ4n) is 5.64. The van der Waals surface area contributed by atoms with Crippen LogP contribution >= 0.6 is 23.2 Å². The van der Waals surface area contributed by atoms with Crippen LogP contribution in [-0.4, -0.2) is 20.7 Å². The Kier molecular flexibility index (Phi) is 7.85. The molecule has 0 radical (unpaired) electrons. The molecule has 10 heteroatoms. The molecule has 2 amide bonds. The first-order chi connectivity index (χ1) is 19.5. The van der Waals surface area contributed by atoms with E-state index in [0.717, 1.165) is 58.6 Å². The van der Waals surface area contributed by atoms with Crippen LogP contribution in [0.3, 0.4) is 0 Å². The van der Waals surface area contributed by atoms with Gasteiger partial charge in [-0.25, -0.2) is 18.3 Å². The van der Waals surface area contributed by atoms with E-state index in [0.29, 0.717) is 28.8 Å². The highest BCUT2D eigenvalue weighted by atomic mass is 35.5. The molecule has 1 aromatic heterocycles. The van der Waals surface area contributed by atoms with Gasteiger partial charge in [0.2, 0.25) is 0 Å². The van der Waals surface area contributed by atoms with Crippen LogP contribution in [0.2, 0.25) is 10.0 Å². The van der Waals surface area contributed by atoms with Crippen LogP contribution in [0.4, 0.5) is 19.3 Å². The highest BCUT2D eigenvalue weighted by Gasteiger charge is 2.43. The number of hydrogen-bond donors (Lipinski definition) is 2. The summed E-state index contributed by atoms with van der Waals surface area (Å²) in [5, 5.41) is 8.44. The molecule has 0 saturated carbocycles. The highest BCUT2D eigenvalue weighted by molar-refractivity contribution is 6.33. The third-order valence-electron chi connectivity index (χ3n) is 7.82. The number of nitrogens with two attached hydrogens (primary N) is 1. The minimum absolute atomic E-state index is 0.0395. The normalized spacial score (nSPS) is 14.3. The van der Waals surface area contributed by atoms with E-state index in [4.69, 9.17) is 34.0 Å². The predicted molar refractivity (Wildman–Crippen MR) is 160 cm³/mol. The minimum Gasteiger partial charge on any atom is -0.351 e. The number of rotatable bonds is 7. The van der Waals surface area contributed by atoms with Crippen molar-refractivity contribution in [1.29, 1.82) is 0 Å². The molecule has 1 aliphatic heterocycles. The van der Waals surface area contributed by atoms with Crippen molar-refractivity contribution in [3.8, 4) is 16.9 Å². The molecule has 0 fully saturated rings. The second-order valence-corrected chi connectivity index (χ2v) is 11.5. The molecule has 214 valence electrons. The number of urea groups is 1. The first-order valence-electron chi connectivity index (χ1n) is 13.4. The lowest BCUT2D eigenvalue weighted by atomic mass is 9.97. The molecule has 41 heavy (non-hydrogen) atoms. The summed E-state index contributed by atoms with van der Waals surface area (Å²) in [7, 11) is 0. The Morgan fingerprint density at radius 3 is 2.34 bits per heavy atom. The average Bonchev–Trinajstić information content (AvgIpc) is 3.41. The number of nitrogens with one attached hydrogen (secondary N) is 1. The van der Waals surface area contributed by atoms with E-state index < -0.39 is 23.2 Å². The molecule has 3 aromatic carbocycles. The maximum atomic E-state index is 15.9. The summed E-state index contributed by atoms with van der Waals surface area (Å²) in [6, 6.07) is 12.5. The van der Waals surface area contributed by atoms with E-state index in [1.807, 2.05) is 24.3 Å². The van der Waals surface area contributed by atoms with Crippen molar-refractivity contribution in [2.45, 2.75) is 59.2 Å². The lowest BCUT2D eigenvalue weighted by Gasteiger charge is -2.32. The van der Waals surface area contributed by atoms with Crippen molar-refractivity contribution in [3.63, 3.8) is 0 Å². The molecule has 1 aliphatic rings. The van der Waals surface area contributed by atoms with Gasteiger partial charge in [0.1, 0.15) is 11.6 Å². The number of halogens is 4. The molecule has 6 nitrogen and oxygen atoms in total. The Labute approximate surface area is 248 Å². The first kappa shape index (κ1) is 29.0. The van der Waals surface area contributed by atoms with Crippen LogP contribution in [0.25, 0.3) is 16.9 Å². The molecule has 0 saturated heterocycles. The van der Waals surface area contributed by atoms with E-state index >= 15 is 8.78 Å². The molecular formula is C31H31Cl2F2N5O. The van der Waals surface area contributed by atoms with Crippen molar-refractivity contribution in [3.05, 3.63) is 98.2 Å². The number of para-hydroxylation sites is 1. The number of amides is 2. The molecule has 3 N–H and O–H groups in total. The molecule has 0 atom stereocenters. The van der Waals surface area contributed by atoms with Crippen LogP contribution in [0.5, 0.6) is 0 Å². The summed E-state index contributed by atoms with van der Waals surface area (Å²) in [4.78, 5) is 13.6. The van der Waals surface area contributed by atoms with Gasteiger partial charge < -0.3 is 11.1 Å².